The average Bonchev–Trinajstić information content (AvgIpc) is 3.30. The minimum absolute atomic E-state index is 0.163. The Kier molecular flexibility index (Phi) is 4.40. The molecule has 4 rings (SSSR count). The Morgan fingerprint density at radius 1 is 1.36 bits per heavy atom. The maximum atomic E-state index is 12.5. The van der Waals surface area contributed by atoms with Crippen LogP contribution in [0.2, 0.25) is 0 Å². The van der Waals surface area contributed by atoms with E-state index in [0.717, 1.165) is 29.1 Å². The highest BCUT2D eigenvalue weighted by molar-refractivity contribution is 7.13. The maximum absolute atomic E-state index is 12.5. The van der Waals surface area contributed by atoms with E-state index in [0.29, 0.717) is 12.2 Å². The number of nitrogens with one attached hydrogen (secondary N) is 2. The first-order chi connectivity index (χ1) is 12.2. The van der Waals surface area contributed by atoms with Crippen LogP contribution in [-0.4, -0.2) is 25.9 Å². The molecular weight excluding hydrogens is 334 g/mol. The summed E-state index contributed by atoms with van der Waals surface area (Å²) in [4.78, 5) is 13.6. The minimum Gasteiger partial charge on any atom is -0.345 e. The van der Waals surface area contributed by atoms with Crippen molar-refractivity contribution in [2.45, 2.75) is 38.6 Å². The normalized spacial score (nSPS) is 14.1. The van der Waals surface area contributed by atoms with Crippen LogP contribution in [0, 0.1) is 0 Å². The molecule has 1 aliphatic carbocycles. The monoisotopic (exact) mass is 355 g/mol. The summed E-state index contributed by atoms with van der Waals surface area (Å²) in [6.07, 6.45) is 5.76. The van der Waals surface area contributed by atoms with Gasteiger partial charge in [-0.2, -0.15) is 10.2 Å². The van der Waals surface area contributed by atoms with Crippen molar-refractivity contribution in [1.82, 2.24) is 25.3 Å². The Hall–Kier alpha value is -2.41. The Balaban J connectivity index is 1.46. The van der Waals surface area contributed by atoms with E-state index in [2.05, 4.69) is 20.6 Å². The van der Waals surface area contributed by atoms with Gasteiger partial charge in [0.2, 0.25) is 0 Å². The number of aromatic nitrogens is 4. The largest absolute Gasteiger partial charge is 0.345 e. The van der Waals surface area contributed by atoms with Crippen LogP contribution in [0.5, 0.6) is 0 Å². The van der Waals surface area contributed by atoms with E-state index in [1.165, 1.54) is 30.5 Å². The van der Waals surface area contributed by atoms with Crippen molar-refractivity contribution in [3.63, 3.8) is 0 Å². The van der Waals surface area contributed by atoms with Gasteiger partial charge < -0.3 is 5.32 Å². The first-order valence-corrected chi connectivity index (χ1v) is 9.51. The predicted octanol–water partition coefficient (Wildman–Crippen LogP) is 3.07. The quantitative estimate of drug-likeness (QED) is 0.706. The summed E-state index contributed by atoms with van der Waals surface area (Å²) >= 11 is 1.64. The van der Waals surface area contributed by atoms with Gasteiger partial charge in [-0.25, -0.2) is 0 Å². The molecule has 0 atom stereocenters. The molecule has 7 heteroatoms. The molecule has 0 bridgehead atoms. The summed E-state index contributed by atoms with van der Waals surface area (Å²) in [7, 11) is 1.86. The minimum atomic E-state index is -0.163. The third-order valence-electron chi connectivity index (χ3n) is 4.69. The van der Waals surface area contributed by atoms with Gasteiger partial charge in [0.25, 0.3) is 5.91 Å². The zero-order chi connectivity index (χ0) is 17.2. The van der Waals surface area contributed by atoms with Gasteiger partial charge in [-0.05, 0) is 48.8 Å². The van der Waals surface area contributed by atoms with Gasteiger partial charge in [-0.1, -0.05) is 12.5 Å². The zero-order valence-electron chi connectivity index (χ0n) is 14.2. The SMILES string of the molecule is Cn1nc(C(=O)NCc2n[nH]c3c2CCCCC3)cc1-c1cccs1. The number of amides is 1. The van der Waals surface area contributed by atoms with Crippen molar-refractivity contribution in [1.29, 1.82) is 0 Å². The molecule has 3 heterocycles. The van der Waals surface area contributed by atoms with Crippen LogP contribution >= 0.6 is 11.3 Å². The van der Waals surface area contributed by atoms with Crippen LogP contribution in [0.15, 0.2) is 23.6 Å². The molecular formula is C18H21N5OS. The Morgan fingerprint density at radius 2 is 2.24 bits per heavy atom. The molecule has 130 valence electrons. The fourth-order valence-corrected chi connectivity index (χ4v) is 4.13. The van der Waals surface area contributed by atoms with Gasteiger partial charge in [0.1, 0.15) is 0 Å². The van der Waals surface area contributed by atoms with Crippen molar-refractivity contribution in [2.75, 3.05) is 0 Å². The number of aryl methyl sites for hydroxylation is 2. The molecule has 3 aromatic heterocycles. The number of aromatic amines is 1. The Labute approximate surface area is 150 Å². The fourth-order valence-electron chi connectivity index (χ4n) is 3.36. The standard InChI is InChI=1S/C18H21N5OS/c1-23-16(17-8-5-9-25-17)10-14(22-23)18(24)19-11-15-12-6-3-2-4-7-13(12)20-21-15/h5,8-10H,2-4,6-7,11H2,1H3,(H,19,24)(H,20,21). The van der Waals surface area contributed by atoms with Crippen LogP contribution in [-0.2, 0) is 26.4 Å². The smallest absolute Gasteiger partial charge is 0.272 e. The van der Waals surface area contributed by atoms with E-state index >= 15 is 0 Å². The van der Waals surface area contributed by atoms with Gasteiger partial charge >= 0.3 is 0 Å². The van der Waals surface area contributed by atoms with Crippen LogP contribution in [0.1, 0.15) is 46.7 Å². The average molecular weight is 355 g/mol. The maximum Gasteiger partial charge on any atom is 0.272 e. The Morgan fingerprint density at radius 3 is 3.08 bits per heavy atom. The van der Waals surface area contributed by atoms with Crippen molar-refractivity contribution in [3.8, 4) is 10.6 Å². The second-order valence-electron chi connectivity index (χ2n) is 6.39. The molecule has 0 fully saturated rings. The highest BCUT2D eigenvalue weighted by atomic mass is 32.1. The molecule has 2 N–H and O–H groups in total. The molecule has 1 aliphatic rings. The molecule has 0 aromatic carbocycles. The summed E-state index contributed by atoms with van der Waals surface area (Å²) in [5.41, 5.74) is 4.87. The summed E-state index contributed by atoms with van der Waals surface area (Å²) in [6, 6.07) is 5.87. The number of rotatable bonds is 4. The summed E-state index contributed by atoms with van der Waals surface area (Å²) < 4.78 is 1.75. The molecule has 0 radical (unpaired) electrons. The molecule has 25 heavy (non-hydrogen) atoms. The van der Waals surface area contributed by atoms with E-state index in [-0.39, 0.29) is 5.91 Å². The lowest BCUT2D eigenvalue weighted by Crippen LogP contribution is -2.24. The van der Waals surface area contributed by atoms with E-state index < -0.39 is 0 Å². The molecule has 1 amide bonds. The van der Waals surface area contributed by atoms with Crippen molar-refractivity contribution >= 4 is 17.2 Å². The molecule has 0 unspecified atom stereocenters. The molecule has 0 saturated heterocycles. The first-order valence-electron chi connectivity index (χ1n) is 8.63. The molecule has 6 nitrogen and oxygen atoms in total. The number of hydrogen-bond donors (Lipinski definition) is 2. The first kappa shape index (κ1) is 16.1. The van der Waals surface area contributed by atoms with Crippen LogP contribution in [0.3, 0.4) is 0 Å². The highest BCUT2D eigenvalue weighted by Crippen LogP contribution is 2.25. The predicted molar refractivity (Wildman–Crippen MR) is 97.5 cm³/mol. The van der Waals surface area contributed by atoms with Gasteiger partial charge in [0, 0.05) is 12.7 Å². The van der Waals surface area contributed by atoms with E-state index in [4.69, 9.17) is 0 Å². The number of thiophene rings is 1. The number of fused-ring (bicyclic) bond motifs is 1. The van der Waals surface area contributed by atoms with Crippen molar-refractivity contribution in [3.05, 3.63) is 46.2 Å². The number of H-pyrrole nitrogens is 1. The van der Waals surface area contributed by atoms with Crippen LogP contribution in [0.4, 0.5) is 0 Å². The lowest BCUT2D eigenvalue weighted by atomic mass is 10.1. The summed E-state index contributed by atoms with van der Waals surface area (Å²) in [6.45, 7) is 0.440. The van der Waals surface area contributed by atoms with Crippen molar-refractivity contribution < 1.29 is 4.79 Å². The van der Waals surface area contributed by atoms with Crippen LogP contribution < -0.4 is 5.32 Å². The third-order valence-corrected chi connectivity index (χ3v) is 5.59. The molecule has 0 aliphatic heterocycles. The van der Waals surface area contributed by atoms with Gasteiger partial charge in [-0.3, -0.25) is 14.6 Å². The van der Waals surface area contributed by atoms with Gasteiger partial charge in [-0.15, -0.1) is 11.3 Å². The Bertz CT molecular complexity index is 878. The fraction of sp³-hybridized carbons (Fsp3) is 0.389. The molecule has 0 spiro atoms. The number of carbonyl (C=O) groups excluding carboxylic acids is 1. The second kappa shape index (κ2) is 6.84. The number of hydrogen-bond acceptors (Lipinski definition) is 4. The van der Waals surface area contributed by atoms with Gasteiger partial charge in [0.15, 0.2) is 5.69 Å². The van der Waals surface area contributed by atoms with Crippen molar-refractivity contribution in [2.24, 2.45) is 7.05 Å². The lowest BCUT2D eigenvalue weighted by Gasteiger charge is -2.04. The van der Waals surface area contributed by atoms with E-state index in [1.807, 2.05) is 30.6 Å². The lowest BCUT2D eigenvalue weighted by molar-refractivity contribution is 0.0944. The topological polar surface area (TPSA) is 75.6 Å². The summed E-state index contributed by atoms with van der Waals surface area (Å²) in [5.74, 6) is -0.163. The zero-order valence-corrected chi connectivity index (χ0v) is 15.0. The van der Waals surface area contributed by atoms with Crippen LogP contribution in [0.25, 0.3) is 10.6 Å². The third kappa shape index (κ3) is 3.24. The highest BCUT2D eigenvalue weighted by Gasteiger charge is 2.18. The number of carbonyl (C=O) groups is 1. The second-order valence-corrected chi connectivity index (χ2v) is 7.33. The van der Waals surface area contributed by atoms with E-state index in [9.17, 15) is 4.79 Å². The summed E-state index contributed by atoms with van der Waals surface area (Å²) in [5, 5.41) is 16.9. The van der Waals surface area contributed by atoms with E-state index in [1.54, 1.807) is 16.0 Å². The molecule has 3 aromatic rings. The van der Waals surface area contributed by atoms with Gasteiger partial charge in [0.05, 0.1) is 22.8 Å². The molecule has 0 saturated carbocycles. The number of nitrogens with zero attached hydrogens (tertiary/aromatic N) is 3.